The summed E-state index contributed by atoms with van der Waals surface area (Å²) in [4.78, 5) is 11.8. The Kier molecular flexibility index (Phi) is 4.19. The Bertz CT molecular complexity index is 638. The Morgan fingerprint density at radius 1 is 1.48 bits per heavy atom. The summed E-state index contributed by atoms with van der Waals surface area (Å²) in [6, 6.07) is 7.93. The molecule has 21 heavy (non-hydrogen) atoms. The standard InChI is InChI=1S/C14H17N5OS/c1-10-3-2-4-12(7-10)19-14(16-17-18-19)21-9-13(20)15-8-11-5-6-11/h2-4,7,11H,5-6,8-9H2,1H3,(H,15,20). The van der Waals surface area contributed by atoms with Crippen LogP contribution in [0.25, 0.3) is 5.69 Å². The molecule has 0 saturated heterocycles. The summed E-state index contributed by atoms with van der Waals surface area (Å²) in [6.45, 7) is 2.81. The molecular weight excluding hydrogens is 286 g/mol. The minimum Gasteiger partial charge on any atom is -0.355 e. The zero-order chi connectivity index (χ0) is 14.7. The normalized spacial score (nSPS) is 14.1. The monoisotopic (exact) mass is 303 g/mol. The van der Waals surface area contributed by atoms with Crippen molar-refractivity contribution in [2.75, 3.05) is 12.3 Å². The van der Waals surface area contributed by atoms with Gasteiger partial charge in [-0.1, -0.05) is 23.9 Å². The van der Waals surface area contributed by atoms with E-state index in [1.165, 1.54) is 24.6 Å². The second kappa shape index (κ2) is 6.26. The van der Waals surface area contributed by atoms with Gasteiger partial charge in [-0.2, -0.15) is 4.68 Å². The zero-order valence-electron chi connectivity index (χ0n) is 11.8. The third kappa shape index (κ3) is 3.81. The predicted molar refractivity (Wildman–Crippen MR) is 80.3 cm³/mol. The van der Waals surface area contributed by atoms with E-state index in [-0.39, 0.29) is 5.91 Å². The average Bonchev–Trinajstić information content (AvgIpc) is 3.19. The molecule has 7 heteroatoms. The van der Waals surface area contributed by atoms with Crippen LogP contribution in [0, 0.1) is 12.8 Å². The Labute approximate surface area is 127 Å². The molecule has 1 aromatic heterocycles. The van der Waals surface area contributed by atoms with E-state index >= 15 is 0 Å². The maximum Gasteiger partial charge on any atom is 0.230 e. The van der Waals surface area contributed by atoms with Gasteiger partial charge in [-0.25, -0.2) is 0 Å². The van der Waals surface area contributed by atoms with Crippen LogP contribution >= 0.6 is 11.8 Å². The Balaban J connectivity index is 1.61. The van der Waals surface area contributed by atoms with Crippen molar-refractivity contribution in [3.05, 3.63) is 29.8 Å². The van der Waals surface area contributed by atoms with E-state index < -0.39 is 0 Å². The topological polar surface area (TPSA) is 72.7 Å². The number of thioether (sulfide) groups is 1. The molecule has 1 aromatic carbocycles. The molecule has 0 unspecified atom stereocenters. The number of carbonyl (C=O) groups is 1. The van der Waals surface area contributed by atoms with Gasteiger partial charge in [0.15, 0.2) is 0 Å². The molecule has 1 aliphatic carbocycles. The van der Waals surface area contributed by atoms with E-state index in [9.17, 15) is 4.79 Å². The number of tetrazole rings is 1. The quantitative estimate of drug-likeness (QED) is 0.820. The van der Waals surface area contributed by atoms with Crippen molar-refractivity contribution in [2.24, 2.45) is 5.92 Å². The molecule has 1 heterocycles. The van der Waals surface area contributed by atoms with Crippen molar-refractivity contribution in [1.29, 1.82) is 0 Å². The van der Waals surface area contributed by atoms with E-state index in [0.717, 1.165) is 17.8 Å². The number of hydrogen-bond donors (Lipinski definition) is 1. The Hall–Kier alpha value is -1.89. The summed E-state index contributed by atoms with van der Waals surface area (Å²) in [5.74, 6) is 1.06. The lowest BCUT2D eigenvalue weighted by atomic mass is 10.2. The van der Waals surface area contributed by atoms with Gasteiger partial charge in [0, 0.05) is 6.54 Å². The molecule has 1 saturated carbocycles. The van der Waals surface area contributed by atoms with Crippen LogP contribution in [-0.4, -0.2) is 38.4 Å². The second-order valence-corrected chi connectivity index (χ2v) is 6.19. The lowest BCUT2D eigenvalue weighted by Gasteiger charge is -2.05. The van der Waals surface area contributed by atoms with Crippen molar-refractivity contribution >= 4 is 17.7 Å². The smallest absolute Gasteiger partial charge is 0.230 e. The third-order valence-corrected chi connectivity index (χ3v) is 4.22. The van der Waals surface area contributed by atoms with Crippen molar-refractivity contribution in [3.63, 3.8) is 0 Å². The highest BCUT2D eigenvalue weighted by atomic mass is 32.2. The van der Waals surface area contributed by atoms with Crippen LogP contribution in [0.4, 0.5) is 0 Å². The van der Waals surface area contributed by atoms with Gasteiger partial charge in [0.1, 0.15) is 0 Å². The number of nitrogens with one attached hydrogen (secondary N) is 1. The van der Waals surface area contributed by atoms with Gasteiger partial charge in [0.05, 0.1) is 11.4 Å². The molecule has 110 valence electrons. The fraction of sp³-hybridized carbons (Fsp3) is 0.429. The summed E-state index contributed by atoms with van der Waals surface area (Å²) in [7, 11) is 0. The van der Waals surface area contributed by atoms with Gasteiger partial charge >= 0.3 is 0 Å². The number of nitrogens with zero attached hydrogens (tertiary/aromatic N) is 4. The highest BCUT2D eigenvalue weighted by Crippen LogP contribution is 2.27. The molecular formula is C14H17N5OS. The number of aromatic nitrogens is 4. The van der Waals surface area contributed by atoms with E-state index in [0.29, 0.717) is 16.8 Å². The second-order valence-electron chi connectivity index (χ2n) is 5.25. The van der Waals surface area contributed by atoms with E-state index in [1.807, 2.05) is 31.2 Å². The number of hydrogen-bond acceptors (Lipinski definition) is 5. The van der Waals surface area contributed by atoms with Crippen molar-refractivity contribution < 1.29 is 4.79 Å². The number of carbonyl (C=O) groups excluding carboxylic acids is 1. The number of rotatable bonds is 6. The minimum atomic E-state index is 0.0330. The first-order valence-electron chi connectivity index (χ1n) is 6.97. The predicted octanol–water partition coefficient (Wildman–Crippen LogP) is 1.59. The van der Waals surface area contributed by atoms with Crippen LogP contribution in [0.3, 0.4) is 0 Å². The van der Waals surface area contributed by atoms with Gasteiger partial charge in [-0.3, -0.25) is 4.79 Å². The summed E-state index contributed by atoms with van der Waals surface area (Å²) in [6.07, 6.45) is 2.47. The molecule has 1 fully saturated rings. The number of amides is 1. The first kappa shape index (κ1) is 14.1. The van der Waals surface area contributed by atoms with Gasteiger partial charge < -0.3 is 5.32 Å². The Morgan fingerprint density at radius 3 is 3.10 bits per heavy atom. The molecule has 0 bridgehead atoms. The molecule has 0 radical (unpaired) electrons. The van der Waals surface area contributed by atoms with Gasteiger partial charge in [-0.05, 0) is 53.8 Å². The maximum atomic E-state index is 11.8. The first-order chi connectivity index (χ1) is 10.2. The zero-order valence-corrected chi connectivity index (χ0v) is 12.6. The molecule has 0 spiro atoms. The van der Waals surface area contributed by atoms with E-state index in [2.05, 4.69) is 20.8 Å². The van der Waals surface area contributed by atoms with Crippen LogP contribution in [0.15, 0.2) is 29.4 Å². The molecule has 1 aliphatic rings. The molecule has 3 rings (SSSR count). The lowest BCUT2D eigenvalue weighted by Crippen LogP contribution is -2.27. The SMILES string of the molecule is Cc1cccc(-n2nnnc2SCC(=O)NCC2CC2)c1. The molecule has 1 amide bonds. The summed E-state index contributed by atoms with van der Waals surface area (Å²) >= 11 is 1.35. The van der Waals surface area contributed by atoms with Crippen LogP contribution in [0.5, 0.6) is 0 Å². The lowest BCUT2D eigenvalue weighted by molar-refractivity contribution is -0.118. The van der Waals surface area contributed by atoms with E-state index in [1.54, 1.807) is 4.68 Å². The van der Waals surface area contributed by atoms with Gasteiger partial charge in [0.25, 0.3) is 0 Å². The summed E-state index contributed by atoms with van der Waals surface area (Å²) in [5, 5.41) is 15.2. The van der Waals surface area contributed by atoms with Crippen LogP contribution in [0.1, 0.15) is 18.4 Å². The number of aryl methyl sites for hydroxylation is 1. The van der Waals surface area contributed by atoms with Gasteiger partial charge in [0.2, 0.25) is 11.1 Å². The fourth-order valence-electron chi connectivity index (χ4n) is 1.95. The van der Waals surface area contributed by atoms with Crippen LogP contribution < -0.4 is 5.32 Å². The fourth-order valence-corrected chi connectivity index (χ4v) is 2.67. The summed E-state index contributed by atoms with van der Waals surface area (Å²) < 4.78 is 1.66. The highest BCUT2D eigenvalue weighted by Gasteiger charge is 2.21. The van der Waals surface area contributed by atoms with Gasteiger partial charge in [-0.15, -0.1) is 5.10 Å². The first-order valence-corrected chi connectivity index (χ1v) is 7.96. The van der Waals surface area contributed by atoms with E-state index in [4.69, 9.17) is 0 Å². The van der Waals surface area contributed by atoms with Crippen molar-refractivity contribution in [1.82, 2.24) is 25.5 Å². The molecule has 1 N–H and O–H groups in total. The Morgan fingerprint density at radius 2 is 2.33 bits per heavy atom. The molecule has 0 atom stereocenters. The highest BCUT2D eigenvalue weighted by molar-refractivity contribution is 7.99. The van der Waals surface area contributed by atoms with Crippen molar-refractivity contribution in [2.45, 2.75) is 24.9 Å². The molecule has 2 aromatic rings. The minimum absolute atomic E-state index is 0.0330. The van der Waals surface area contributed by atoms with Crippen molar-refractivity contribution in [3.8, 4) is 5.69 Å². The van der Waals surface area contributed by atoms with Crippen LogP contribution in [-0.2, 0) is 4.79 Å². The number of benzene rings is 1. The third-order valence-electron chi connectivity index (χ3n) is 3.30. The summed E-state index contributed by atoms with van der Waals surface area (Å²) in [5.41, 5.74) is 2.04. The molecule has 6 nitrogen and oxygen atoms in total. The largest absolute Gasteiger partial charge is 0.355 e. The average molecular weight is 303 g/mol. The van der Waals surface area contributed by atoms with Crippen LogP contribution in [0.2, 0.25) is 0 Å². The molecule has 0 aliphatic heterocycles. The maximum absolute atomic E-state index is 11.8.